The van der Waals surface area contributed by atoms with Crippen molar-refractivity contribution in [3.05, 3.63) is 71.8 Å². The third kappa shape index (κ3) is 5.36. The van der Waals surface area contributed by atoms with Crippen LogP contribution in [0, 0.1) is 5.82 Å². The van der Waals surface area contributed by atoms with Crippen LogP contribution in [0.2, 0.25) is 5.02 Å². The molecule has 0 unspecified atom stereocenters. The van der Waals surface area contributed by atoms with Gasteiger partial charge in [0.05, 0.1) is 11.9 Å². The molecule has 3 rings (SSSR count). The van der Waals surface area contributed by atoms with Crippen LogP contribution in [-0.4, -0.2) is 19.8 Å². The van der Waals surface area contributed by atoms with E-state index in [9.17, 15) is 26.0 Å². The molecule has 0 aliphatic heterocycles. The number of nitrogens with zero attached hydrogens (tertiary/aromatic N) is 1. The van der Waals surface area contributed by atoms with Crippen LogP contribution < -0.4 is 9.46 Å². The van der Waals surface area contributed by atoms with Gasteiger partial charge in [-0.25, -0.2) is 12.8 Å². The maximum absolute atomic E-state index is 13.1. The van der Waals surface area contributed by atoms with E-state index in [1.165, 1.54) is 42.7 Å². The Hall–Kier alpha value is -2.85. The third-order valence-electron chi connectivity index (χ3n) is 3.59. The molecule has 0 fully saturated rings. The molecule has 0 amide bonds. The standard InChI is InChI=1S/C18H11ClF4N2O3S/c19-13-3-6-16(28-18(21,22)23)17(8-13)29(26,27)25-15-7-12(9-24-10-15)11-1-4-14(20)5-2-11/h1-10,25H. The van der Waals surface area contributed by atoms with Gasteiger partial charge >= 0.3 is 6.36 Å². The van der Waals surface area contributed by atoms with Crippen LogP contribution in [0.4, 0.5) is 23.2 Å². The molecule has 152 valence electrons. The van der Waals surface area contributed by atoms with Gasteiger partial charge in [0.15, 0.2) is 0 Å². The van der Waals surface area contributed by atoms with Crippen molar-refractivity contribution in [3.63, 3.8) is 0 Å². The quantitative estimate of drug-likeness (QED) is 0.544. The lowest BCUT2D eigenvalue weighted by molar-refractivity contribution is -0.275. The molecule has 0 atom stereocenters. The summed E-state index contributed by atoms with van der Waals surface area (Å²) in [4.78, 5) is 3.11. The van der Waals surface area contributed by atoms with Crippen LogP contribution in [0.25, 0.3) is 11.1 Å². The van der Waals surface area contributed by atoms with E-state index in [4.69, 9.17) is 11.6 Å². The Kier molecular flexibility index (Phi) is 5.67. The zero-order chi connectivity index (χ0) is 21.2. The van der Waals surface area contributed by atoms with Gasteiger partial charge in [0.25, 0.3) is 10.0 Å². The Morgan fingerprint density at radius 3 is 2.31 bits per heavy atom. The number of sulfonamides is 1. The summed E-state index contributed by atoms with van der Waals surface area (Å²) in [7, 11) is -4.50. The highest BCUT2D eigenvalue weighted by Crippen LogP contribution is 2.33. The van der Waals surface area contributed by atoms with Crippen molar-refractivity contribution in [1.29, 1.82) is 0 Å². The molecular formula is C18H11ClF4N2O3S. The van der Waals surface area contributed by atoms with Gasteiger partial charge in [-0.1, -0.05) is 23.7 Å². The molecule has 1 heterocycles. The van der Waals surface area contributed by atoms with Crippen LogP contribution in [0.1, 0.15) is 0 Å². The fourth-order valence-corrected chi connectivity index (χ4v) is 3.83. The van der Waals surface area contributed by atoms with Crippen LogP contribution in [0.3, 0.4) is 0 Å². The molecule has 0 aliphatic rings. The smallest absolute Gasteiger partial charge is 0.404 e. The molecular weight excluding hydrogens is 436 g/mol. The zero-order valence-corrected chi connectivity index (χ0v) is 15.8. The van der Waals surface area contributed by atoms with Crippen molar-refractivity contribution in [2.24, 2.45) is 0 Å². The van der Waals surface area contributed by atoms with Crippen LogP contribution in [0.5, 0.6) is 5.75 Å². The number of alkyl halides is 3. The van der Waals surface area contributed by atoms with E-state index in [-0.39, 0.29) is 10.7 Å². The number of hydrogen-bond acceptors (Lipinski definition) is 4. The number of ether oxygens (including phenoxy) is 1. The lowest BCUT2D eigenvalue weighted by atomic mass is 10.1. The number of pyridine rings is 1. The maximum atomic E-state index is 13.1. The predicted molar refractivity (Wildman–Crippen MR) is 98.6 cm³/mol. The van der Waals surface area contributed by atoms with Crippen molar-refractivity contribution in [2.75, 3.05) is 4.72 Å². The Balaban J connectivity index is 1.95. The number of benzene rings is 2. The van der Waals surface area contributed by atoms with Gasteiger partial charge in [0, 0.05) is 16.8 Å². The van der Waals surface area contributed by atoms with E-state index in [0.29, 0.717) is 11.1 Å². The molecule has 1 aromatic heterocycles. The van der Waals surface area contributed by atoms with Crippen molar-refractivity contribution in [3.8, 4) is 16.9 Å². The van der Waals surface area contributed by atoms with E-state index in [1.807, 2.05) is 0 Å². The summed E-state index contributed by atoms with van der Waals surface area (Å²) in [6.07, 6.45) is -2.51. The zero-order valence-electron chi connectivity index (χ0n) is 14.2. The highest BCUT2D eigenvalue weighted by Gasteiger charge is 2.34. The first-order valence-corrected chi connectivity index (χ1v) is 9.69. The fourth-order valence-electron chi connectivity index (χ4n) is 2.41. The maximum Gasteiger partial charge on any atom is 0.573 e. The van der Waals surface area contributed by atoms with Crippen LogP contribution in [-0.2, 0) is 10.0 Å². The summed E-state index contributed by atoms with van der Waals surface area (Å²) >= 11 is 5.74. The Labute approximate surface area is 168 Å². The van der Waals surface area contributed by atoms with Gasteiger partial charge in [-0.05, 0) is 42.0 Å². The number of hydrogen-bond donors (Lipinski definition) is 1. The first-order valence-electron chi connectivity index (χ1n) is 7.83. The summed E-state index contributed by atoms with van der Waals surface area (Å²) < 4.78 is 82.1. The molecule has 29 heavy (non-hydrogen) atoms. The summed E-state index contributed by atoms with van der Waals surface area (Å²) in [5.41, 5.74) is 0.997. The summed E-state index contributed by atoms with van der Waals surface area (Å²) in [5.74, 6) is -1.38. The van der Waals surface area contributed by atoms with E-state index in [2.05, 4.69) is 14.4 Å². The van der Waals surface area contributed by atoms with Gasteiger partial charge in [0.1, 0.15) is 16.5 Å². The second kappa shape index (κ2) is 7.88. The fraction of sp³-hybridized carbons (Fsp3) is 0.0556. The van der Waals surface area contributed by atoms with Crippen LogP contribution in [0.15, 0.2) is 65.8 Å². The number of anilines is 1. The predicted octanol–water partition coefficient (Wildman–Crippen LogP) is 5.24. The Morgan fingerprint density at radius 2 is 1.66 bits per heavy atom. The molecule has 5 nitrogen and oxygen atoms in total. The highest BCUT2D eigenvalue weighted by atomic mass is 35.5. The van der Waals surface area contributed by atoms with Gasteiger partial charge in [-0.3, -0.25) is 9.71 Å². The lowest BCUT2D eigenvalue weighted by Crippen LogP contribution is -2.21. The van der Waals surface area contributed by atoms with Gasteiger partial charge in [0.2, 0.25) is 0 Å². The second-order valence-electron chi connectivity index (χ2n) is 5.71. The molecule has 0 saturated heterocycles. The molecule has 0 spiro atoms. The first-order chi connectivity index (χ1) is 13.5. The van der Waals surface area contributed by atoms with E-state index in [1.54, 1.807) is 0 Å². The topological polar surface area (TPSA) is 68.3 Å². The van der Waals surface area contributed by atoms with Crippen molar-refractivity contribution in [2.45, 2.75) is 11.3 Å². The average molecular weight is 447 g/mol. The minimum Gasteiger partial charge on any atom is -0.404 e. The SMILES string of the molecule is O=S(=O)(Nc1cncc(-c2ccc(F)cc2)c1)c1cc(Cl)ccc1OC(F)(F)F. The molecule has 3 aromatic rings. The first kappa shape index (κ1) is 20.9. The Morgan fingerprint density at radius 1 is 0.966 bits per heavy atom. The minimum absolute atomic E-state index is 0.0234. The summed E-state index contributed by atoms with van der Waals surface area (Å²) in [5, 5.41) is -0.0990. The van der Waals surface area contributed by atoms with Crippen molar-refractivity contribution in [1.82, 2.24) is 4.98 Å². The number of nitrogens with one attached hydrogen (secondary N) is 1. The molecule has 0 aliphatic carbocycles. The van der Waals surface area contributed by atoms with Crippen molar-refractivity contribution >= 4 is 27.3 Å². The van der Waals surface area contributed by atoms with Crippen LogP contribution >= 0.6 is 11.6 Å². The van der Waals surface area contributed by atoms with E-state index < -0.39 is 32.8 Å². The average Bonchev–Trinajstić information content (AvgIpc) is 2.62. The second-order valence-corrected chi connectivity index (χ2v) is 7.80. The molecule has 2 aromatic carbocycles. The molecule has 0 bridgehead atoms. The molecule has 1 N–H and O–H groups in total. The summed E-state index contributed by atoms with van der Waals surface area (Å²) in [6.45, 7) is 0. The number of aromatic nitrogens is 1. The van der Waals surface area contributed by atoms with Crippen molar-refractivity contribution < 1.29 is 30.7 Å². The summed E-state index contributed by atoms with van der Waals surface area (Å²) in [6, 6.07) is 9.48. The molecule has 0 saturated carbocycles. The largest absolute Gasteiger partial charge is 0.573 e. The minimum atomic E-state index is -5.10. The lowest BCUT2D eigenvalue weighted by Gasteiger charge is -2.15. The monoisotopic (exact) mass is 446 g/mol. The van der Waals surface area contributed by atoms with Gasteiger partial charge < -0.3 is 4.74 Å². The van der Waals surface area contributed by atoms with E-state index in [0.717, 1.165) is 18.2 Å². The van der Waals surface area contributed by atoms with E-state index >= 15 is 0 Å². The molecule has 0 radical (unpaired) electrons. The third-order valence-corrected chi connectivity index (χ3v) is 5.23. The number of rotatable bonds is 5. The highest BCUT2D eigenvalue weighted by molar-refractivity contribution is 7.92. The van der Waals surface area contributed by atoms with Gasteiger partial charge in [-0.15, -0.1) is 13.2 Å². The van der Waals surface area contributed by atoms with Gasteiger partial charge in [-0.2, -0.15) is 0 Å². The normalized spacial score (nSPS) is 11.9. The number of halogens is 5. The Bertz CT molecular complexity index is 1140. The molecule has 11 heteroatoms.